The molecule has 0 radical (unpaired) electrons. The first-order valence-corrected chi connectivity index (χ1v) is 4.05. The highest BCUT2D eigenvalue weighted by Crippen LogP contribution is 2.21. The first-order valence-electron chi connectivity index (χ1n) is 2.38. The minimum absolute atomic E-state index is 1.02. The van der Waals surface area contributed by atoms with Gasteiger partial charge in [0.25, 0.3) is 0 Å². The summed E-state index contributed by atoms with van der Waals surface area (Å²) >= 11 is 4.90. The topological polar surface area (TPSA) is 20.2 Å². The van der Waals surface area contributed by atoms with Gasteiger partial charge in [-0.05, 0) is 39.0 Å². The highest BCUT2D eigenvalue weighted by Gasteiger charge is 1.90. The third-order valence-corrected chi connectivity index (χ3v) is 2.38. The lowest BCUT2D eigenvalue weighted by atomic mass is 10.3. The molecule has 3 heteroatoms. The largest absolute Gasteiger partial charge is 0.516 e. The minimum atomic E-state index is 1.02. The van der Waals surface area contributed by atoms with Gasteiger partial charge in [0.2, 0.25) is 0 Å². The van der Waals surface area contributed by atoms with Gasteiger partial charge in [0.15, 0.2) is 0 Å². The van der Waals surface area contributed by atoms with Crippen molar-refractivity contribution in [1.82, 2.24) is 0 Å². The Balaban J connectivity index is 2.85. The molecule has 1 heterocycles. The number of rotatable bonds is 1. The van der Waals surface area contributed by atoms with Gasteiger partial charge >= 0.3 is 0 Å². The van der Waals surface area contributed by atoms with Gasteiger partial charge in [-0.15, -0.1) is 11.3 Å². The Morgan fingerprint density at radius 1 is 1.67 bits per heavy atom. The van der Waals surface area contributed by atoms with E-state index in [1.165, 1.54) is 0 Å². The third-order valence-electron chi connectivity index (χ3n) is 0.855. The molecule has 0 atom stereocenters. The molecule has 0 aromatic carbocycles. The molecule has 0 unspecified atom stereocenters. The number of thiophene rings is 1. The van der Waals surface area contributed by atoms with Crippen molar-refractivity contribution in [2.45, 2.75) is 0 Å². The number of aliphatic hydroxyl groups is 1. The summed E-state index contributed by atoms with van der Waals surface area (Å²) in [6.45, 7) is 0. The molecule has 48 valence electrons. The fourth-order valence-corrected chi connectivity index (χ4v) is 1.64. The highest BCUT2D eigenvalue weighted by atomic mass is 79.9. The average molecular weight is 205 g/mol. The monoisotopic (exact) mass is 204 g/mol. The molecule has 0 fully saturated rings. The standard InChI is InChI=1S/C6H5BrOS/c7-6-3-5(1-2-8)4-9-6/h1-4,8H/b2-1+. The van der Waals surface area contributed by atoms with E-state index in [1.807, 2.05) is 11.4 Å². The zero-order valence-corrected chi connectivity index (χ0v) is 6.95. The van der Waals surface area contributed by atoms with Crippen LogP contribution in [0.25, 0.3) is 6.08 Å². The van der Waals surface area contributed by atoms with E-state index in [2.05, 4.69) is 15.9 Å². The maximum absolute atomic E-state index is 8.34. The summed E-state index contributed by atoms with van der Waals surface area (Å²) < 4.78 is 1.08. The Morgan fingerprint density at radius 3 is 2.89 bits per heavy atom. The van der Waals surface area contributed by atoms with Crippen LogP contribution in [0.2, 0.25) is 0 Å². The fourth-order valence-electron chi connectivity index (χ4n) is 0.497. The first-order chi connectivity index (χ1) is 4.33. The number of hydrogen-bond acceptors (Lipinski definition) is 2. The zero-order chi connectivity index (χ0) is 6.69. The molecule has 0 aliphatic rings. The van der Waals surface area contributed by atoms with Gasteiger partial charge in [0.05, 0.1) is 10.0 Å². The molecule has 0 aliphatic carbocycles. The van der Waals surface area contributed by atoms with E-state index in [4.69, 9.17) is 5.11 Å². The van der Waals surface area contributed by atoms with Crippen molar-refractivity contribution in [3.8, 4) is 0 Å². The van der Waals surface area contributed by atoms with Crippen molar-refractivity contribution in [3.63, 3.8) is 0 Å². The van der Waals surface area contributed by atoms with Gasteiger partial charge in [-0.3, -0.25) is 0 Å². The van der Waals surface area contributed by atoms with Crippen LogP contribution in [0, 0.1) is 0 Å². The summed E-state index contributed by atoms with van der Waals surface area (Å²) in [5.74, 6) is 0. The Hall–Kier alpha value is -0.280. The Kier molecular flexibility index (Phi) is 2.30. The molecule has 1 rings (SSSR count). The molecule has 9 heavy (non-hydrogen) atoms. The van der Waals surface area contributed by atoms with Crippen molar-refractivity contribution in [3.05, 3.63) is 27.1 Å². The Labute approximate surface area is 65.8 Å². The third kappa shape index (κ3) is 1.84. The lowest BCUT2D eigenvalue weighted by Gasteiger charge is -1.75. The van der Waals surface area contributed by atoms with E-state index in [1.54, 1.807) is 17.4 Å². The number of halogens is 1. The second kappa shape index (κ2) is 3.03. The van der Waals surface area contributed by atoms with Crippen molar-refractivity contribution >= 4 is 33.3 Å². The predicted molar refractivity (Wildman–Crippen MR) is 43.7 cm³/mol. The molecular formula is C6H5BrOS. The number of aliphatic hydroxyl groups excluding tert-OH is 1. The quantitative estimate of drug-likeness (QED) is 0.698. The Bertz CT molecular complexity index is 217. The van der Waals surface area contributed by atoms with Gasteiger partial charge in [-0.25, -0.2) is 0 Å². The van der Waals surface area contributed by atoms with Gasteiger partial charge in [-0.2, -0.15) is 0 Å². The van der Waals surface area contributed by atoms with Crippen LogP contribution >= 0.6 is 27.3 Å². The van der Waals surface area contributed by atoms with Crippen LogP contribution in [-0.4, -0.2) is 5.11 Å². The molecule has 0 spiro atoms. The lowest BCUT2D eigenvalue weighted by molar-refractivity contribution is 0.478. The maximum atomic E-state index is 8.34. The van der Waals surface area contributed by atoms with Crippen LogP contribution < -0.4 is 0 Å². The summed E-state index contributed by atoms with van der Waals surface area (Å²) in [5.41, 5.74) is 1.02. The Morgan fingerprint density at radius 2 is 2.44 bits per heavy atom. The van der Waals surface area contributed by atoms with E-state index < -0.39 is 0 Å². The molecule has 1 aromatic heterocycles. The molecule has 0 saturated carbocycles. The van der Waals surface area contributed by atoms with Gasteiger partial charge in [-0.1, -0.05) is 0 Å². The van der Waals surface area contributed by atoms with Crippen molar-refractivity contribution in [2.75, 3.05) is 0 Å². The van der Waals surface area contributed by atoms with Crippen LogP contribution in [0.1, 0.15) is 5.56 Å². The maximum Gasteiger partial charge on any atom is 0.0797 e. The summed E-state index contributed by atoms with van der Waals surface area (Å²) in [4.78, 5) is 0. The fraction of sp³-hybridized carbons (Fsp3) is 0. The highest BCUT2D eigenvalue weighted by molar-refractivity contribution is 9.11. The molecule has 0 bridgehead atoms. The summed E-state index contributed by atoms with van der Waals surface area (Å²) in [6.07, 6.45) is 2.68. The van der Waals surface area contributed by atoms with Crippen molar-refractivity contribution in [1.29, 1.82) is 0 Å². The summed E-state index contributed by atoms with van der Waals surface area (Å²) in [5, 5.41) is 10.3. The van der Waals surface area contributed by atoms with E-state index in [0.717, 1.165) is 15.6 Å². The van der Waals surface area contributed by atoms with Crippen LogP contribution in [0.5, 0.6) is 0 Å². The molecule has 0 aliphatic heterocycles. The van der Waals surface area contributed by atoms with E-state index in [9.17, 15) is 0 Å². The van der Waals surface area contributed by atoms with Crippen LogP contribution in [0.3, 0.4) is 0 Å². The van der Waals surface area contributed by atoms with Gasteiger partial charge in [0, 0.05) is 0 Å². The second-order valence-electron chi connectivity index (χ2n) is 1.50. The lowest BCUT2D eigenvalue weighted by Crippen LogP contribution is -1.57. The predicted octanol–water partition coefficient (Wildman–Crippen LogP) is 3.04. The van der Waals surface area contributed by atoms with Gasteiger partial charge in [0.1, 0.15) is 0 Å². The van der Waals surface area contributed by atoms with Crippen LogP contribution in [0.15, 0.2) is 21.5 Å². The van der Waals surface area contributed by atoms with Crippen molar-refractivity contribution < 1.29 is 5.11 Å². The zero-order valence-electron chi connectivity index (χ0n) is 4.54. The van der Waals surface area contributed by atoms with Crippen molar-refractivity contribution in [2.24, 2.45) is 0 Å². The molecule has 1 N–H and O–H groups in total. The van der Waals surface area contributed by atoms with E-state index >= 15 is 0 Å². The van der Waals surface area contributed by atoms with Crippen LogP contribution in [0.4, 0.5) is 0 Å². The molecule has 1 nitrogen and oxygen atoms in total. The summed E-state index contributed by atoms with van der Waals surface area (Å²) in [7, 11) is 0. The normalized spacial score (nSPS) is 10.8. The minimum Gasteiger partial charge on any atom is -0.516 e. The van der Waals surface area contributed by atoms with Crippen LogP contribution in [-0.2, 0) is 0 Å². The SMILES string of the molecule is O/C=C/c1csc(Br)c1. The number of hydrogen-bond donors (Lipinski definition) is 1. The van der Waals surface area contributed by atoms with E-state index in [0.29, 0.717) is 0 Å². The second-order valence-corrected chi connectivity index (χ2v) is 3.79. The molecule has 1 aromatic rings. The summed E-state index contributed by atoms with van der Waals surface area (Å²) in [6, 6.07) is 1.94. The van der Waals surface area contributed by atoms with Gasteiger partial charge < -0.3 is 5.11 Å². The smallest absolute Gasteiger partial charge is 0.0797 e. The molecular weight excluding hydrogens is 200 g/mol. The molecule has 0 saturated heterocycles. The molecule has 0 amide bonds. The van der Waals surface area contributed by atoms with E-state index in [-0.39, 0.29) is 0 Å². The first kappa shape index (κ1) is 6.83. The average Bonchev–Trinajstić information content (AvgIpc) is 2.17.